The van der Waals surface area contributed by atoms with Gasteiger partial charge in [0.2, 0.25) is 14.2 Å². The van der Waals surface area contributed by atoms with E-state index < -0.39 is 8.32 Å². The van der Waals surface area contributed by atoms with Crippen LogP contribution in [0.1, 0.15) is 100 Å². The Bertz CT molecular complexity index is 545. The van der Waals surface area contributed by atoms with Gasteiger partial charge in [-0.2, -0.15) is 0 Å². The molecule has 0 aromatic rings. The molecule has 28 heavy (non-hydrogen) atoms. The number of rotatable bonds is 9. The molecule has 1 N–H and O–H groups in total. The van der Waals surface area contributed by atoms with Gasteiger partial charge in [0, 0.05) is 6.92 Å². The highest BCUT2D eigenvalue weighted by Gasteiger charge is 2.49. The van der Waals surface area contributed by atoms with Gasteiger partial charge < -0.3 is 9.74 Å². The Kier molecular flexibility index (Phi) is 8.39. The Morgan fingerprint density at radius 2 is 1.71 bits per heavy atom. The molecule has 1 saturated carbocycles. The van der Waals surface area contributed by atoms with Crippen LogP contribution < -0.4 is 5.32 Å². The molecule has 1 amide bonds. The lowest BCUT2D eigenvalue weighted by molar-refractivity contribution is -0.119. The average Bonchev–Trinajstić information content (AvgIpc) is 2.93. The topological polar surface area (TPSA) is 38.3 Å². The summed E-state index contributed by atoms with van der Waals surface area (Å²) in [5.74, 6) is 0.714. The van der Waals surface area contributed by atoms with Crippen LogP contribution >= 0.6 is 0 Å². The summed E-state index contributed by atoms with van der Waals surface area (Å²) in [5.41, 5.74) is 4.95. The molecule has 2 aliphatic carbocycles. The van der Waals surface area contributed by atoms with Gasteiger partial charge in [-0.15, -0.1) is 0 Å². The molecular weight excluding hydrogens is 362 g/mol. The lowest BCUT2D eigenvalue weighted by Gasteiger charge is -2.46. The predicted molar refractivity (Wildman–Crippen MR) is 122 cm³/mol. The molecule has 162 valence electrons. The molecule has 0 heterocycles. The van der Waals surface area contributed by atoms with Crippen LogP contribution in [0.5, 0.6) is 0 Å². The highest BCUT2D eigenvalue weighted by Crippen LogP contribution is 2.49. The van der Waals surface area contributed by atoms with Crippen molar-refractivity contribution in [3.63, 3.8) is 0 Å². The van der Waals surface area contributed by atoms with Crippen molar-refractivity contribution in [3.05, 3.63) is 11.1 Å². The fourth-order valence-corrected chi connectivity index (χ4v) is 11.9. The maximum absolute atomic E-state index is 11.8. The number of carbonyl (C=O) groups is 1. The third kappa shape index (κ3) is 4.75. The molecular formula is C24H45NO2Si. The molecule has 0 radical (unpaired) electrons. The summed E-state index contributed by atoms with van der Waals surface area (Å²) < 4.78 is 7.31. The summed E-state index contributed by atoms with van der Waals surface area (Å²) in [7, 11) is -1.91. The van der Waals surface area contributed by atoms with Crippen molar-refractivity contribution in [1.82, 2.24) is 5.32 Å². The van der Waals surface area contributed by atoms with E-state index in [0.29, 0.717) is 22.5 Å². The lowest BCUT2D eigenvalue weighted by atomic mass is 9.83. The van der Waals surface area contributed by atoms with Gasteiger partial charge in [-0.3, -0.25) is 4.79 Å². The number of nitrogens with one attached hydrogen (secondary N) is 1. The summed E-state index contributed by atoms with van der Waals surface area (Å²) >= 11 is 0. The van der Waals surface area contributed by atoms with Gasteiger partial charge >= 0.3 is 0 Å². The average molecular weight is 408 g/mol. The van der Waals surface area contributed by atoms with E-state index in [9.17, 15) is 4.79 Å². The van der Waals surface area contributed by atoms with Gasteiger partial charge in [-0.25, -0.2) is 0 Å². The van der Waals surface area contributed by atoms with Gasteiger partial charge in [-0.1, -0.05) is 54.9 Å². The van der Waals surface area contributed by atoms with Crippen LogP contribution in [0.3, 0.4) is 0 Å². The molecule has 0 unspecified atom stereocenters. The zero-order chi connectivity index (χ0) is 21.1. The standard InChI is InChI=1S/C24H45NO2Si/c1-9-10-13-21-22(25-19(8)26)15-20-12-11-14-23(24(20)21)27-28(16(2)3,17(4)5)18(6)7/h16-18,20,22-23H,9-15H2,1-8H3,(H,25,26)/t20-,22-,23+/m1/s1. The highest BCUT2D eigenvalue weighted by molar-refractivity contribution is 6.77. The van der Waals surface area contributed by atoms with E-state index in [-0.39, 0.29) is 18.1 Å². The number of fused-ring (bicyclic) bond motifs is 1. The molecule has 0 aromatic heterocycles. The first-order valence-electron chi connectivity index (χ1n) is 11.8. The second-order valence-corrected chi connectivity index (χ2v) is 15.5. The van der Waals surface area contributed by atoms with Gasteiger partial charge in [0.15, 0.2) is 0 Å². The second kappa shape index (κ2) is 9.93. The predicted octanol–water partition coefficient (Wildman–Crippen LogP) is 6.74. The minimum absolute atomic E-state index is 0.103. The summed E-state index contributed by atoms with van der Waals surface area (Å²) in [6.07, 6.45) is 8.57. The zero-order valence-corrected chi connectivity index (χ0v) is 20.7. The molecule has 1 fully saturated rings. The summed E-state index contributed by atoms with van der Waals surface area (Å²) in [6.45, 7) is 18.2. The van der Waals surface area contributed by atoms with Crippen LogP contribution in [0, 0.1) is 5.92 Å². The van der Waals surface area contributed by atoms with E-state index >= 15 is 0 Å². The van der Waals surface area contributed by atoms with Crippen molar-refractivity contribution in [1.29, 1.82) is 0 Å². The molecule has 3 atom stereocenters. The van der Waals surface area contributed by atoms with Gasteiger partial charge in [-0.05, 0) is 72.2 Å². The van der Waals surface area contributed by atoms with E-state index in [1.165, 1.54) is 31.3 Å². The summed E-state index contributed by atoms with van der Waals surface area (Å²) in [6, 6.07) is 0.237. The number of amides is 1. The molecule has 3 nitrogen and oxygen atoms in total. The molecule has 0 bridgehead atoms. The Balaban J connectivity index is 2.42. The van der Waals surface area contributed by atoms with Crippen molar-refractivity contribution in [2.45, 2.75) is 129 Å². The van der Waals surface area contributed by atoms with E-state index in [0.717, 1.165) is 19.3 Å². The Morgan fingerprint density at radius 3 is 2.21 bits per heavy atom. The summed E-state index contributed by atoms with van der Waals surface area (Å²) in [4.78, 5) is 11.8. The van der Waals surface area contributed by atoms with Crippen molar-refractivity contribution < 1.29 is 9.22 Å². The summed E-state index contributed by atoms with van der Waals surface area (Å²) in [5, 5.41) is 3.27. The van der Waals surface area contributed by atoms with Crippen LogP contribution in [-0.4, -0.2) is 26.4 Å². The minimum atomic E-state index is -1.91. The van der Waals surface area contributed by atoms with Crippen LogP contribution in [-0.2, 0) is 9.22 Å². The quantitative estimate of drug-likeness (QED) is 0.339. The zero-order valence-electron chi connectivity index (χ0n) is 19.7. The number of hydrogen-bond donors (Lipinski definition) is 1. The molecule has 2 rings (SSSR count). The molecule has 0 spiro atoms. The third-order valence-electron chi connectivity index (χ3n) is 7.35. The minimum Gasteiger partial charge on any atom is -0.409 e. The van der Waals surface area contributed by atoms with Crippen LogP contribution in [0.25, 0.3) is 0 Å². The van der Waals surface area contributed by atoms with E-state index in [1.807, 2.05) is 0 Å². The maximum Gasteiger partial charge on any atom is 0.217 e. The fraction of sp³-hybridized carbons (Fsp3) is 0.875. The first kappa shape index (κ1) is 23.7. The molecule has 0 aliphatic heterocycles. The van der Waals surface area contributed by atoms with Gasteiger partial charge in [0.25, 0.3) is 0 Å². The largest absolute Gasteiger partial charge is 0.409 e. The van der Waals surface area contributed by atoms with Crippen molar-refractivity contribution >= 4 is 14.2 Å². The van der Waals surface area contributed by atoms with Crippen molar-refractivity contribution in [2.75, 3.05) is 0 Å². The van der Waals surface area contributed by atoms with Crippen molar-refractivity contribution in [2.24, 2.45) is 5.92 Å². The van der Waals surface area contributed by atoms with E-state index in [4.69, 9.17) is 4.43 Å². The number of unbranched alkanes of at least 4 members (excludes halogenated alkanes) is 1. The molecule has 0 saturated heterocycles. The first-order valence-corrected chi connectivity index (χ1v) is 14.0. The molecule has 2 aliphatic rings. The second-order valence-electron chi connectivity index (χ2n) is 10.1. The van der Waals surface area contributed by atoms with Crippen molar-refractivity contribution in [3.8, 4) is 0 Å². The van der Waals surface area contributed by atoms with Crippen LogP contribution in [0.15, 0.2) is 11.1 Å². The molecule has 4 heteroatoms. The van der Waals surface area contributed by atoms with Crippen LogP contribution in [0.2, 0.25) is 16.6 Å². The first-order chi connectivity index (χ1) is 13.1. The van der Waals surface area contributed by atoms with Crippen LogP contribution in [0.4, 0.5) is 0 Å². The molecule has 0 aromatic carbocycles. The normalized spacial score (nSPS) is 25.8. The van der Waals surface area contributed by atoms with E-state index in [1.54, 1.807) is 12.5 Å². The Labute approximate surface area is 175 Å². The highest BCUT2D eigenvalue weighted by atomic mass is 28.4. The smallest absolute Gasteiger partial charge is 0.217 e. The lowest BCUT2D eigenvalue weighted by Crippen LogP contribution is -2.51. The SMILES string of the molecule is CCCCC1=C2[C@H](CCC[C@@H]2O[Si](C(C)C)(C(C)C)C(C)C)C[C@H]1NC(C)=O. The number of hydrogen-bond acceptors (Lipinski definition) is 2. The fourth-order valence-electron chi connectivity index (χ4n) is 6.32. The van der Waals surface area contributed by atoms with E-state index in [2.05, 4.69) is 53.8 Å². The Hall–Kier alpha value is -0.613. The number of carbonyl (C=O) groups excluding carboxylic acids is 1. The van der Waals surface area contributed by atoms with Gasteiger partial charge in [0.1, 0.15) is 0 Å². The monoisotopic (exact) mass is 407 g/mol. The maximum atomic E-state index is 11.8. The van der Waals surface area contributed by atoms with Gasteiger partial charge in [0.05, 0.1) is 12.1 Å². The third-order valence-corrected chi connectivity index (χ3v) is 13.5. The Morgan fingerprint density at radius 1 is 1.11 bits per heavy atom.